The molecule has 9 atom stereocenters. The first-order chi connectivity index (χ1) is 12.9. The van der Waals surface area contributed by atoms with Gasteiger partial charge in [-0.05, 0) is 37.2 Å². The van der Waals surface area contributed by atoms with Crippen LogP contribution in [0.25, 0.3) is 0 Å². The maximum Gasteiger partial charge on any atom is 0.161 e. The van der Waals surface area contributed by atoms with Gasteiger partial charge in [0.05, 0.1) is 49.5 Å². The summed E-state index contributed by atoms with van der Waals surface area (Å²) >= 11 is 0. The molecule has 2 spiro atoms. The van der Waals surface area contributed by atoms with Crippen LogP contribution in [-0.4, -0.2) is 57.7 Å². The lowest BCUT2D eigenvalue weighted by Crippen LogP contribution is -2.72. The first-order valence-electron chi connectivity index (χ1n) is 9.89. The summed E-state index contributed by atoms with van der Waals surface area (Å²) in [5.74, 6) is -0.607. The van der Waals surface area contributed by atoms with Crippen molar-refractivity contribution in [3.63, 3.8) is 0 Å². The highest BCUT2D eigenvalue weighted by atomic mass is 16.6. The predicted molar refractivity (Wildman–Crippen MR) is 92.3 cm³/mol. The zero-order chi connectivity index (χ0) is 19.0. The molecule has 1 aromatic heterocycles. The van der Waals surface area contributed by atoms with Gasteiger partial charge in [0.15, 0.2) is 6.29 Å². The monoisotopic (exact) mass is 380 g/mol. The Hall–Kier alpha value is -0.960. The Bertz CT molecular complexity index is 701. The van der Waals surface area contributed by atoms with E-state index in [-0.39, 0.29) is 18.6 Å². The largest absolute Gasteiger partial charge is 0.472 e. The van der Waals surface area contributed by atoms with E-state index < -0.39 is 40.8 Å². The van der Waals surface area contributed by atoms with Crippen molar-refractivity contribution in [2.45, 2.75) is 62.8 Å². The highest BCUT2D eigenvalue weighted by Gasteiger charge is 2.78. The van der Waals surface area contributed by atoms with Crippen LogP contribution >= 0.6 is 0 Å². The standard InChI is InChI=1S/C20H28O7/c1-11-15(22)16(23)20(9-21)14(3-2-5-18(20)10-26-18)19(11)7-13(27-17(19)24)12-4-6-25-8-12/h4,6,8,11,13-17,21-24H,2-3,5,7,9-10H2,1H3/t11-,13+,14-,15+,16+,17+,18+,19-,20+/m1/s1. The molecule has 0 amide bonds. The molecule has 2 saturated heterocycles. The Balaban J connectivity index is 1.63. The van der Waals surface area contributed by atoms with Gasteiger partial charge >= 0.3 is 0 Å². The predicted octanol–water partition coefficient (Wildman–Crippen LogP) is 0.965. The van der Waals surface area contributed by atoms with Gasteiger partial charge in [0, 0.05) is 11.0 Å². The van der Waals surface area contributed by atoms with Crippen molar-refractivity contribution < 1.29 is 34.3 Å². The van der Waals surface area contributed by atoms with Crippen molar-refractivity contribution >= 4 is 0 Å². The first kappa shape index (κ1) is 18.1. The molecule has 5 rings (SSSR count). The minimum atomic E-state index is -1.10. The number of hydrogen-bond donors (Lipinski definition) is 4. The average Bonchev–Trinajstić information content (AvgIpc) is 3.09. The molecular formula is C20H28O7. The second-order valence-electron chi connectivity index (χ2n) is 9.00. The quantitative estimate of drug-likeness (QED) is 0.565. The number of rotatable bonds is 2. The smallest absolute Gasteiger partial charge is 0.161 e. The van der Waals surface area contributed by atoms with E-state index >= 15 is 0 Å². The van der Waals surface area contributed by atoms with Crippen LogP contribution in [0.1, 0.15) is 44.3 Å². The van der Waals surface area contributed by atoms with Gasteiger partial charge in [0.25, 0.3) is 0 Å². The molecule has 1 aromatic rings. The summed E-state index contributed by atoms with van der Waals surface area (Å²) in [6.45, 7) is 2.06. The SMILES string of the molecule is C[C@@H]1[C@H](O)[C@H](O)[C@]2(CO)[C@H](CCC[C@]23CO3)[C@@]12C[C@@H](c1ccoc1)O[C@@H]2O. The molecule has 2 saturated carbocycles. The Morgan fingerprint density at radius 3 is 2.67 bits per heavy atom. The molecule has 0 unspecified atom stereocenters. The summed E-state index contributed by atoms with van der Waals surface area (Å²) < 4.78 is 17.0. The molecule has 4 fully saturated rings. The van der Waals surface area contributed by atoms with Crippen molar-refractivity contribution in [2.24, 2.45) is 22.7 Å². The van der Waals surface area contributed by atoms with E-state index in [1.165, 1.54) is 0 Å². The van der Waals surface area contributed by atoms with Gasteiger partial charge in [-0.15, -0.1) is 0 Å². The van der Waals surface area contributed by atoms with Gasteiger partial charge < -0.3 is 34.3 Å². The molecule has 2 aliphatic carbocycles. The molecule has 2 aliphatic heterocycles. The molecule has 7 nitrogen and oxygen atoms in total. The first-order valence-corrected chi connectivity index (χ1v) is 9.89. The van der Waals surface area contributed by atoms with Gasteiger partial charge in [-0.3, -0.25) is 0 Å². The van der Waals surface area contributed by atoms with Crippen LogP contribution in [0.4, 0.5) is 0 Å². The van der Waals surface area contributed by atoms with Gasteiger partial charge in [-0.1, -0.05) is 13.3 Å². The summed E-state index contributed by atoms with van der Waals surface area (Å²) in [6.07, 6.45) is 2.46. The summed E-state index contributed by atoms with van der Waals surface area (Å²) in [4.78, 5) is 0. The average molecular weight is 380 g/mol. The van der Waals surface area contributed by atoms with E-state index in [0.717, 1.165) is 24.8 Å². The van der Waals surface area contributed by atoms with Crippen LogP contribution in [-0.2, 0) is 9.47 Å². The third-order valence-electron chi connectivity index (χ3n) is 8.36. The third kappa shape index (κ3) is 2.02. The fourth-order valence-corrected chi connectivity index (χ4v) is 6.82. The van der Waals surface area contributed by atoms with Gasteiger partial charge in [-0.25, -0.2) is 0 Å². The molecule has 0 aromatic carbocycles. The molecule has 4 N–H and O–H groups in total. The van der Waals surface area contributed by atoms with Crippen LogP contribution in [0.15, 0.2) is 23.0 Å². The van der Waals surface area contributed by atoms with E-state index in [1.807, 2.05) is 13.0 Å². The highest BCUT2D eigenvalue weighted by molar-refractivity contribution is 5.26. The van der Waals surface area contributed by atoms with E-state index in [0.29, 0.717) is 13.0 Å². The summed E-state index contributed by atoms with van der Waals surface area (Å²) in [5, 5.41) is 43.8. The zero-order valence-corrected chi connectivity index (χ0v) is 15.5. The molecule has 0 radical (unpaired) electrons. The Labute approximate surface area is 157 Å². The molecular weight excluding hydrogens is 352 g/mol. The number of hydrogen-bond acceptors (Lipinski definition) is 7. The second kappa shape index (κ2) is 5.78. The zero-order valence-electron chi connectivity index (χ0n) is 15.5. The summed E-state index contributed by atoms with van der Waals surface area (Å²) in [5.41, 5.74) is -1.54. The minimum Gasteiger partial charge on any atom is -0.472 e. The number of aliphatic hydroxyl groups excluding tert-OH is 4. The number of epoxide rings is 1. The minimum absolute atomic E-state index is 0.216. The normalized spacial score (nSPS) is 54.4. The Morgan fingerprint density at radius 1 is 1.26 bits per heavy atom. The van der Waals surface area contributed by atoms with E-state index in [2.05, 4.69) is 0 Å². The fourth-order valence-electron chi connectivity index (χ4n) is 6.82. The second-order valence-corrected chi connectivity index (χ2v) is 9.00. The lowest BCUT2D eigenvalue weighted by Gasteiger charge is -2.63. The Morgan fingerprint density at radius 2 is 2.04 bits per heavy atom. The van der Waals surface area contributed by atoms with E-state index in [9.17, 15) is 20.4 Å². The van der Waals surface area contributed by atoms with Crippen molar-refractivity contribution in [1.82, 2.24) is 0 Å². The van der Waals surface area contributed by atoms with Gasteiger partial charge in [0.2, 0.25) is 0 Å². The third-order valence-corrected chi connectivity index (χ3v) is 8.36. The van der Waals surface area contributed by atoms with Crippen molar-refractivity contribution in [3.05, 3.63) is 24.2 Å². The fraction of sp³-hybridized carbons (Fsp3) is 0.800. The molecule has 4 aliphatic rings. The van der Waals surface area contributed by atoms with Crippen LogP contribution in [0.3, 0.4) is 0 Å². The number of fused-ring (bicyclic) bond motifs is 3. The lowest BCUT2D eigenvalue weighted by atomic mass is 9.42. The number of aliphatic hydroxyl groups is 4. The van der Waals surface area contributed by atoms with Crippen LogP contribution < -0.4 is 0 Å². The molecule has 27 heavy (non-hydrogen) atoms. The van der Waals surface area contributed by atoms with E-state index in [1.54, 1.807) is 12.5 Å². The van der Waals surface area contributed by atoms with Gasteiger partial charge in [0.1, 0.15) is 5.60 Å². The van der Waals surface area contributed by atoms with E-state index in [4.69, 9.17) is 13.9 Å². The van der Waals surface area contributed by atoms with Gasteiger partial charge in [-0.2, -0.15) is 0 Å². The summed E-state index contributed by atoms with van der Waals surface area (Å²) in [6, 6.07) is 1.82. The van der Waals surface area contributed by atoms with Crippen LogP contribution in [0.2, 0.25) is 0 Å². The van der Waals surface area contributed by atoms with Crippen molar-refractivity contribution in [2.75, 3.05) is 13.2 Å². The molecule has 0 bridgehead atoms. The highest BCUT2D eigenvalue weighted by Crippen LogP contribution is 2.71. The lowest BCUT2D eigenvalue weighted by molar-refractivity contribution is -0.289. The molecule has 3 heterocycles. The summed E-state index contributed by atoms with van der Waals surface area (Å²) in [7, 11) is 0. The molecule has 150 valence electrons. The number of furan rings is 1. The molecule has 7 heteroatoms. The van der Waals surface area contributed by atoms with Crippen molar-refractivity contribution in [1.29, 1.82) is 0 Å². The maximum absolute atomic E-state index is 11.1. The van der Waals surface area contributed by atoms with Crippen molar-refractivity contribution in [3.8, 4) is 0 Å². The number of ether oxygens (including phenoxy) is 2. The van der Waals surface area contributed by atoms with Crippen LogP contribution in [0.5, 0.6) is 0 Å². The Kier molecular flexibility index (Phi) is 3.87. The maximum atomic E-state index is 11.1. The van der Waals surface area contributed by atoms with Crippen LogP contribution in [0, 0.1) is 22.7 Å². The topological polar surface area (TPSA) is 116 Å².